The zero-order valence-corrected chi connectivity index (χ0v) is 7.56. The molecular weight excluding hydrogens is 172 g/mol. The summed E-state index contributed by atoms with van der Waals surface area (Å²) < 4.78 is 9.79. The molecule has 1 rings (SSSR count). The Morgan fingerprint density at radius 2 is 1.85 bits per heavy atom. The van der Waals surface area contributed by atoms with E-state index in [0.29, 0.717) is 6.29 Å². The molecule has 72 valence electrons. The standard InChI is InChI=1S/C9H12O4/c1-12-8(7-10)5-3-4-6-9(8,11)13-2/h3-7,11H,1-2H3. The Labute approximate surface area is 76.5 Å². The zero-order valence-electron chi connectivity index (χ0n) is 7.56. The third kappa shape index (κ3) is 1.33. The zero-order chi connectivity index (χ0) is 9.95. The van der Waals surface area contributed by atoms with Crippen LogP contribution in [0.5, 0.6) is 0 Å². The second-order valence-electron chi connectivity index (χ2n) is 2.73. The van der Waals surface area contributed by atoms with Crippen molar-refractivity contribution < 1.29 is 19.4 Å². The number of rotatable bonds is 3. The molecule has 0 amide bonds. The number of hydrogen-bond acceptors (Lipinski definition) is 4. The van der Waals surface area contributed by atoms with Gasteiger partial charge in [0, 0.05) is 14.2 Å². The maximum absolute atomic E-state index is 10.8. The van der Waals surface area contributed by atoms with Crippen LogP contribution in [0, 0.1) is 0 Å². The van der Waals surface area contributed by atoms with E-state index in [1.54, 1.807) is 12.2 Å². The van der Waals surface area contributed by atoms with Crippen LogP contribution in [-0.4, -0.2) is 37.0 Å². The summed E-state index contributed by atoms with van der Waals surface area (Å²) in [4.78, 5) is 10.8. The van der Waals surface area contributed by atoms with E-state index in [1.807, 2.05) is 0 Å². The molecule has 0 bridgehead atoms. The summed E-state index contributed by atoms with van der Waals surface area (Å²) in [5, 5.41) is 9.87. The minimum Gasteiger partial charge on any atom is -0.361 e. The molecule has 0 heterocycles. The van der Waals surface area contributed by atoms with Crippen molar-refractivity contribution in [2.75, 3.05) is 14.2 Å². The van der Waals surface area contributed by atoms with Crippen molar-refractivity contribution in [1.29, 1.82) is 0 Å². The number of ether oxygens (including phenoxy) is 2. The van der Waals surface area contributed by atoms with Crippen LogP contribution >= 0.6 is 0 Å². The van der Waals surface area contributed by atoms with E-state index in [0.717, 1.165) is 0 Å². The molecule has 2 atom stereocenters. The molecule has 4 nitrogen and oxygen atoms in total. The minimum atomic E-state index is -1.72. The van der Waals surface area contributed by atoms with Crippen LogP contribution in [-0.2, 0) is 14.3 Å². The van der Waals surface area contributed by atoms with Gasteiger partial charge in [-0.3, -0.25) is 4.79 Å². The van der Waals surface area contributed by atoms with Crippen molar-refractivity contribution >= 4 is 6.29 Å². The summed E-state index contributed by atoms with van der Waals surface area (Å²) >= 11 is 0. The predicted molar refractivity (Wildman–Crippen MR) is 46.0 cm³/mol. The smallest absolute Gasteiger partial charge is 0.226 e. The van der Waals surface area contributed by atoms with Gasteiger partial charge in [-0.15, -0.1) is 0 Å². The molecule has 0 saturated carbocycles. The quantitative estimate of drug-likeness (QED) is 0.496. The Bertz CT molecular complexity index is 258. The van der Waals surface area contributed by atoms with Gasteiger partial charge in [-0.05, 0) is 12.2 Å². The molecule has 0 aromatic carbocycles. The lowest BCUT2D eigenvalue weighted by atomic mass is 9.90. The second kappa shape index (κ2) is 3.41. The topological polar surface area (TPSA) is 55.8 Å². The molecule has 0 aromatic rings. The number of methoxy groups -OCH3 is 2. The van der Waals surface area contributed by atoms with Crippen molar-refractivity contribution in [2.24, 2.45) is 0 Å². The Balaban J connectivity index is 3.12. The van der Waals surface area contributed by atoms with Gasteiger partial charge in [0.1, 0.15) is 0 Å². The van der Waals surface area contributed by atoms with Crippen LogP contribution in [0.2, 0.25) is 0 Å². The van der Waals surface area contributed by atoms with Gasteiger partial charge >= 0.3 is 0 Å². The summed E-state index contributed by atoms with van der Waals surface area (Å²) in [7, 11) is 2.64. The third-order valence-corrected chi connectivity index (χ3v) is 2.16. The molecule has 1 N–H and O–H groups in total. The van der Waals surface area contributed by atoms with Crippen LogP contribution in [0.25, 0.3) is 0 Å². The van der Waals surface area contributed by atoms with Crippen molar-refractivity contribution in [3.05, 3.63) is 24.3 Å². The van der Waals surface area contributed by atoms with Gasteiger partial charge in [0.2, 0.25) is 5.79 Å². The average Bonchev–Trinajstić information content (AvgIpc) is 2.19. The van der Waals surface area contributed by atoms with Crippen LogP contribution in [0.15, 0.2) is 24.3 Å². The van der Waals surface area contributed by atoms with Crippen molar-refractivity contribution in [3.8, 4) is 0 Å². The normalized spacial score (nSPS) is 37.8. The highest BCUT2D eigenvalue weighted by Gasteiger charge is 2.49. The van der Waals surface area contributed by atoms with Crippen LogP contribution in [0.1, 0.15) is 0 Å². The maximum atomic E-state index is 10.8. The van der Waals surface area contributed by atoms with Crippen molar-refractivity contribution in [3.63, 3.8) is 0 Å². The summed E-state index contributed by atoms with van der Waals surface area (Å²) in [6.45, 7) is 0. The summed E-state index contributed by atoms with van der Waals surface area (Å²) in [6.07, 6.45) is 6.53. The fraction of sp³-hybridized carbons (Fsp3) is 0.444. The molecule has 0 radical (unpaired) electrons. The van der Waals surface area contributed by atoms with Crippen molar-refractivity contribution in [1.82, 2.24) is 0 Å². The molecular formula is C9H12O4. The SMILES string of the molecule is COC1(O)C=CC=CC1(C=O)OC. The lowest BCUT2D eigenvalue weighted by molar-refractivity contribution is -0.237. The molecule has 1 aliphatic rings. The molecule has 4 heteroatoms. The fourth-order valence-electron chi connectivity index (χ4n) is 1.25. The number of allylic oxidation sites excluding steroid dienone is 2. The Hall–Kier alpha value is -0.970. The molecule has 1 aliphatic carbocycles. The number of aldehydes is 1. The fourth-order valence-corrected chi connectivity index (χ4v) is 1.25. The monoisotopic (exact) mass is 184 g/mol. The predicted octanol–water partition coefficient (Wildman–Crippen LogP) is 0.0315. The van der Waals surface area contributed by atoms with Gasteiger partial charge in [0.25, 0.3) is 0 Å². The summed E-state index contributed by atoms with van der Waals surface area (Å²) in [5.74, 6) is -1.72. The Kier molecular flexibility index (Phi) is 2.66. The number of carbonyl (C=O) groups excluding carboxylic acids is 1. The van der Waals surface area contributed by atoms with E-state index in [4.69, 9.17) is 9.47 Å². The van der Waals surface area contributed by atoms with Crippen molar-refractivity contribution in [2.45, 2.75) is 11.4 Å². The van der Waals surface area contributed by atoms with Crippen LogP contribution < -0.4 is 0 Å². The Morgan fingerprint density at radius 3 is 2.23 bits per heavy atom. The first-order chi connectivity index (χ1) is 6.14. The highest BCUT2D eigenvalue weighted by atomic mass is 16.6. The number of aliphatic hydroxyl groups is 1. The first kappa shape index (κ1) is 10.1. The molecule has 0 aliphatic heterocycles. The number of carbonyl (C=O) groups is 1. The molecule has 13 heavy (non-hydrogen) atoms. The van der Waals surface area contributed by atoms with Gasteiger partial charge in [-0.2, -0.15) is 0 Å². The van der Waals surface area contributed by atoms with Gasteiger partial charge < -0.3 is 14.6 Å². The molecule has 0 saturated heterocycles. The lowest BCUT2D eigenvalue weighted by Crippen LogP contribution is -2.56. The van der Waals surface area contributed by atoms with Gasteiger partial charge in [0.05, 0.1) is 0 Å². The summed E-state index contributed by atoms with van der Waals surface area (Å²) in [5.41, 5.74) is -1.45. The van der Waals surface area contributed by atoms with Crippen LogP contribution in [0.4, 0.5) is 0 Å². The van der Waals surface area contributed by atoms with Gasteiger partial charge in [-0.25, -0.2) is 0 Å². The van der Waals surface area contributed by atoms with E-state index in [1.165, 1.54) is 26.4 Å². The first-order valence-electron chi connectivity index (χ1n) is 3.80. The first-order valence-corrected chi connectivity index (χ1v) is 3.80. The highest BCUT2D eigenvalue weighted by molar-refractivity contribution is 5.70. The largest absolute Gasteiger partial charge is 0.361 e. The van der Waals surface area contributed by atoms with Gasteiger partial charge in [-0.1, -0.05) is 12.2 Å². The third-order valence-electron chi connectivity index (χ3n) is 2.16. The molecule has 0 aromatic heterocycles. The molecule has 2 unspecified atom stereocenters. The van der Waals surface area contributed by atoms with E-state index in [2.05, 4.69) is 0 Å². The summed E-state index contributed by atoms with van der Waals surface area (Å²) in [6, 6.07) is 0. The average molecular weight is 184 g/mol. The van der Waals surface area contributed by atoms with Crippen LogP contribution in [0.3, 0.4) is 0 Å². The van der Waals surface area contributed by atoms with E-state index < -0.39 is 11.4 Å². The van der Waals surface area contributed by atoms with E-state index in [-0.39, 0.29) is 0 Å². The van der Waals surface area contributed by atoms with E-state index in [9.17, 15) is 9.90 Å². The molecule has 0 spiro atoms. The Morgan fingerprint density at radius 1 is 1.23 bits per heavy atom. The van der Waals surface area contributed by atoms with Gasteiger partial charge in [0.15, 0.2) is 11.9 Å². The lowest BCUT2D eigenvalue weighted by Gasteiger charge is -2.38. The minimum absolute atomic E-state index is 0.510. The second-order valence-corrected chi connectivity index (χ2v) is 2.73. The molecule has 0 fully saturated rings. The maximum Gasteiger partial charge on any atom is 0.226 e. The van der Waals surface area contributed by atoms with E-state index >= 15 is 0 Å². The number of hydrogen-bond donors (Lipinski definition) is 1. The highest BCUT2D eigenvalue weighted by Crippen LogP contribution is 2.30.